The Kier molecular flexibility index (Phi) is 4.40. The molecule has 1 heterocycles. The summed E-state index contributed by atoms with van der Waals surface area (Å²) in [6.07, 6.45) is 5.58. The van der Waals surface area contributed by atoms with Gasteiger partial charge in [-0.3, -0.25) is 14.6 Å². The van der Waals surface area contributed by atoms with Crippen LogP contribution in [0.3, 0.4) is 0 Å². The third-order valence-corrected chi connectivity index (χ3v) is 3.97. The first-order valence-corrected chi connectivity index (χ1v) is 6.93. The van der Waals surface area contributed by atoms with Crippen LogP contribution in [0.15, 0.2) is 0 Å². The Morgan fingerprint density at radius 1 is 1.29 bits per heavy atom. The van der Waals surface area contributed by atoms with Crippen LogP contribution in [-0.4, -0.2) is 59.1 Å². The van der Waals surface area contributed by atoms with Crippen molar-refractivity contribution in [2.45, 2.75) is 51.1 Å². The van der Waals surface area contributed by atoms with Crippen molar-refractivity contribution < 1.29 is 9.90 Å². The molecule has 1 aliphatic carbocycles. The zero-order valence-electron chi connectivity index (χ0n) is 10.8. The predicted octanol–water partition coefficient (Wildman–Crippen LogP) is 1.41. The first-order valence-electron chi connectivity index (χ1n) is 6.93. The standard InChI is InChI=1S/C13H24N2O2/c1-2-3-4-12(13(16)17)15-9-7-14(8-10-15)11-5-6-11/h11-12H,2-10H2,1H3,(H,16,17). The Hall–Kier alpha value is -0.610. The van der Waals surface area contributed by atoms with E-state index in [1.165, 1.54) is 12.8 Å². The molecule has 2 fully saturated rings. The molecule has 1 atom stereocenters. The van der Waals surface area contributed by atoms with E-state index in [0.29, 0.717) is 0 Å². The number of aliphatic carboxylic acids is 1. The molecule has 0 aromatic rings. The van der Waals surface area contributed by atoms with Gasteiger partial charge in [0.15, 0.2) is 0 Å². The molecule has 1 N–H and O–H groups in total. The second kappa shape index (κ2) is 5.83. The molecule has 0 bridgehead atoms. The maximum absolute atomic E-state index is 11.3. The fraction of sp³-hybridized carbons (Fsp3) is 0.923. The van der Waals surface area contributed by atoms with E-state index in [2.05, 4.69) is 16.7 Å². The normalized spacial score (nSPS) is 24.8. The van der Waals surface area contributed by atoms with Gasteiger partial charge in [0, 0.05) is 32.2 Å². The number of hydrogen-bond acceptors (Lipinski definition) is 3. The number of carbonyl (C=O) groups is 1. The quantitative estimate of drug-likeness (QED) is 0.762. The molecule has 2 aliphatic rings. The Morgan fingerprint density at radius 3 is 2.41 bits per heavy atom. The molecule has 4 nitrogen and oxygen atoms in total. The van der Waals surface area contributed by atoms with Gasteiger partial charge in [0.2, 0.25) is 0 Å². The summed E-state index contributed by atoms with van der Waals surface area (Å²) in [7, 11) is 0. The van der Waals surface area contributed by atoms with Gasteiger partial charge in [-0.25, -0.2) is 0 Å². The summed E-state index contributed by atoms with van der Waals surface area (Å²) in [6, 6.07) is 0.562. The Bertz CT molecular complexity index is 258. The van der Waals surface area contributed by atoms with Crippen LogP contribution in [0, 0.1) is 0 Å². The number of carboxylic acid groups (broad SMARTS) is 1. The summed E-state index contributed by atoms with van der Waals surface area (Å²) in [5.74, 6) is -0.640. The van der Waals surface area contributed by atoms with Crippen molar-refractivity contribution in [3.8, 4) is 0 Å². The molecule has 0 amide bonds. The fourth-order valence-corrected chi connectivity index (χ4v) is 2.71. The first kappa shape index (κ1) is 12.8. The molecule has 17 heavy (non-hydrogen) atoms. The fourth-order valence-electron chi connectivity index (χ4n) is 2.71. The van der Waals surface area contributed by atoms with E-state index in [1.54, 1.807) is 0 Å². The minimum absolute atomic E-state index is 0.253. The van der Waals surface area contributed by atoms with E-state index in [0.717, 1.165) is 51.5 Å². The SMILES string of the molecule is CCCCC(C(=O)O)N1CCN(C2CC2)CC1. The van der Waals surface area contributed by atoms with E-state index in [1.807, 2.05) is 0 Å². The van der Waals surface area contributed by atoms with Gasteiger partial charge in [-0.2, -0.15) is 0 Å². The van der Waals surface area contributed by atoms with Gasteiger partial charge in [-0.15, -0.1) is 0 Å². The van der Waals surface area contributed by atoms with Crippen molar-refractivity contribution in [2.75, 3.05) is 26.2 Å². The van der Waals surface area contributed by atoms with Crippen molar-refractivity contribution in [3.05, 3.63) is 0 Å². The van der Waals surface area contributed by atoms with E-state index >= 15 is 0 Å². The van der Waals surface area contributed by atoms with Gasteiger partial charge >= 0.3 is 5.97 Å². The molecular weight excluding hydrogens is 216 g/mol. The van der Waals surface area contributed by atoms with Crippen LogP contribution < -0.4 is 0 Å². The van der Waals surface area contributed by atoms with Gasteiger partial charge in [0.25, 0.3) is 0 Å². The molecule has 1 aliphatic heterocycles. The molecule has 0 aromatic carbocycles. The number of hydrogen-bond donors (Lipinski definition) is 1. The van der Waals surface area contributed by atoms with Crippen LogP contribution in [0.2, 0.25) is 0 Å². The lowest BCUT2D eigenvalue weighted by molar-refractivity contribution is -0.144. The first-order chi connectivity index (χ1) is 8.22. The molecule has 1 saturated heterocycles. The van der Waals surface area contributed by atoms with Crippen LogP contribution >= 0.6 is 0 Å². The van der Waals surface area contributed by atoms with Crippen LogP contribution in [0.1, 0.15) is 39.0 Å². The van der Waals surface area contributed by atoms with Crippen molar-refractivity contribution in [2.24, 2.45) is 0 Å². The third kappa shape index (κ3) is 3.42. The number of piperazine rings is 1. The number of carboxylic acids is 1. The van der Waals surface area contributed by atoms with Crippen molar-refractivity contribution >= 4 is 5.97 Å². The van der Waals surface area contributed by atoms with E-state index in [4.69, 9.17) is 0 Å². The van der Waals surface area contributed by atoms with Gasteiger partial charge in [0.05, 0.1) is 0 Å². The highest BCUT2D eigenvalue weighted by Gasteiger charge is 2.34. The minimum Gasteiger partial charge on any atom is -0.480 e. The largest absolute Gasteiger partial charge is 0.480 e. The Balaban J connectivity index is 1.81. The van der Waals surface area contributed by atoms with Crippen molar-refractivity contribution in [1.82, 2.24) is 9.80 Å². The van der Waals surface area contributed by atoms with Crippen LogP contribution in [0.4, 0.5) is 0 Å². The highest BCUT2D eigenvalue weighted by molar-refractivity contribution is 5.73. The van der Waals surface area contributed by atoms with E-state index in [9.17, 15) is 9.90 Å². The monoisotopic (exact) mass is 240 g/mol. The number of nitrogens with zero attached hydrogens (tertiary/aromatic N) is 2. The topological polar surface area (TPSA) is 43.8 Å². The zero-order valence-corrected chi connectivity index (χ0v) is 10.8. The molecule has 1 unspecified atom stereocenters. The average molecular weight is 240 g/mol. The van der Waals surface area contributed by atoms with Crippen molar-refractivity contribution in [3.63, 3.8) is 0 Å². The summed E-state index contributed by atoms with van der Waals surface area (Å²) < 4.78 is 0. The van der Waals surface area contributed by atoms with E-state index in [-0.39, 0.29) is 6.04 Å². The van der Waals surface area contributed by atoms with Crippen LogP contribution in [0.5, 0.6) is 0 Å². The predicted molar refractivity (Wildman–Crippen MR) is 67.1 cm³/mol. The molecular formula is C13H24N2O2. The summed E-state index contributed by atoms with van der Waals surface area (Å²) >= 11 is 0. The molecule has 0 spiro atoms. The number of rotatable bonds is 6. The summed E-state index contributed by atoms with van der Waals surface area (Å²) in [4.78, 5) is 16.0. The van der Waals surface area contributed by atoms with Gasteiger partial charge in [-0.1, -0.05) is 19.8 Å². The molecule has 2 rings (SSSR count). The summed E-state index contributed by atoms with van der Waals surface area (Å²) in [5, 5.41) is 9.28. The highest BCUT2D eigenvalue weighted by atomic mass is 16.4. The lowest BCUT2D eigenvalue weighted by atomic mass is 10.1. The summed E-state index contributed by atoms with van der Waals surface area (Å²) in [6.45, 7) is 6.08. The lowest BCUT2D eigenvalue weighted by Crippen LogP contribution is -2.53. The molecule has 0 aromatic heterocycles. The Morgan fingerprint density at radius 2 is 1.94 bits per heavy atom. The second-order valence-corrected chi connectivity index (χ2v) is 5.30. The van der Waals surface area contributed by atoms with Crippen molar-refractivity contribution in [1.29, 1.82) is 0 Å². The minimum atomic E-state index is -0.640. The van der Waals surface area contributed by atoms with Gasteiger partial charge in [-0.05, 0) is 19.3 Å². The number of unbranched alkanes of at least 4 members (excludes halogenated alkanes) is 1. The lowest BCUT2D eigenvalue weighted by Gasteiger charge is -2.37. The second-order valence-electron chi connectivity index (χ2n) is 5.30. The molecule has 4 heteroatoms. The maximum Gasteiger partial charge on any atom is 0.320 e. The van der Waals surface area contributed by atoms with Crippen LogP contribution in [0.25, 0.3) is 0 Å². The molecule has 98 valence electrons. The molecule has 1 saturated carbocycles. The third-order valence-electron chi connectivity index (χ3n) is 3.97. The van der Waals surface area contributed by atoms with Gasteiger partial charge in [0.1, 0.15) is 6.04 Å². The summed E-state index contributed by atoms with van der Waals surface area (Å²) in [5.41, 5.74) is 0. The maximum atomic E-state index is 11.3. The smallest absolute Gasteiger partial charge is 0.320 e. The average Bonchev–Trinajstić information content (AvgIpc) is 3.14. The highest BCUT2D eigenvalue weighted by Crippen LogP contribution is 2.28. The van der Waals surface area contributed by atoms with Gasteiger partial charge < -0.3 is 5.11 Å². The van der Waals surface area contributed by atoms with E-state index < -0.39 is 5.97 Å². The molecule has 0 radical (unpaired) electrons. The Labute approximate surface area is 104 Å². The van der Waals surface area contributed by atoms with Crippen LogP contribution in [-0.2, 0) is 4.79 Å². The zero-order chi connectivity index (χ0) is 12.3.